The van der Waals surface area contributed by atoms with Gasteiger partial charge in [-0.05, 0) is 35.9 Å². The van der Waals surface area contributed by atoms with E-state index in [9.17, 15) is 14.4 Å². The molecule has 9 nitrogen and oxygen atoms in total. The van der Waals surface area contributed by atoms with Gasteiger partial charge in [0.25, 0.3) is 11.5 Å². The number of aromatic carboxylic acids is 1. The lowest BCUT2D eigenvalue weighted by Crippen LogP contribution is -2.25. The van der Waals surface area contributed by atoms with E-state index in [1.54, 1.807) is 6.07 Å². The third kappa shape index (κ3) is 5.23. The first-order chi connectivity index (χ1) is 13.4. The Morgan fingerprint density at radius 1 is 1.24 bits per heavy atom. The minimum Gasteiger partial charge on any atom is -0.482 e. The van der Waals surface area contributed by atoms with Crippen molar-refractivity contribution in [3.05, 3.63) is 63.2 Å². The van der Waals surface area contributed by atoms with Crippen molar-refractivity contribution in [2.45, 2.75) is 6.54 Å². The summed E-state index contributed by atoms with van der Waals surface area (Å²) in [4.78, 5) is 38.9. The van der Waals surface area contributed by atoms with Crippen LogP contribution in [0.3, 0.4) is 0 Å². The van der Waals surface area contributed by atoms with Crippen LogP contribution in [0.1, 0.15) is 16.2 Å². The largest absolute Gasteiger partial charge is 0.482 e. The van der Waals surface area contributed by atoms with Crippen molar-refractivity contribution in [1.82, 2.24) is 9.97 Å². The molecule has 1 aliphatic heterocycles. The molecule has 4 rings (SSSR count). The third-order valence-electron chi connectivity index (χ3n) is 3.78. The Morgan fingerprint density at radius 2 is 2.00 bits per heavy atom. The average molecular weight is 439 g/mol. The topological polar surface area (TPSA) is 147 Å². The van der Waals surface area contributed by atoms with Crippen LogP contribution in [0.25, 0.3) is 10.9 Å². The summed E-state index contributed by atoms with van der Waals surface area (Å²) in [5.41, 5.74) is 6.94. The van der Waals surface area contributed by atoms with Crippen molar-refractivity contribution < 1.29 is 19.4 Å². The van der Waals surface area contributed by atoms with Crippen molar-refractivity contribution in [3.8, 4) is 5.75 Å². The van der Waals surface area contributed by atoms with E-state index < -0.39 is 11.5 Å². The van der Waals surface area contributed by atoms with Gasteiger partial charge in [0.15, 0.2) is 6.61 Å². The number of fused-ring (bicyclic) bond motifs is 2. The van der Waals surface area contributed by atoms with E-state index in [0.29, 0.717) is 28.5 Å². The predicted molar refractivity (Wildman–Crippen MR) is 110 cm³/mol. The van der Waals surface area contributed by atoms with Crippen molar-refractivity contribution in [2.24, 2.45) is 5.73 Å². The number of carbonyl (C=O) groups excluding carboxylic acids is 1. The number of carbonyl (C=O) groups is 2. The molecule has 0 spiro atoms. The maximum atomic E-state index is 11.4. The highest BCUT2D eigenvalue weighted by atomic mass is 35.5. The van der Waals surface area contributed by atoms with Gasteiger partial charge in [-0.3, -0.25) is 9.59 Å². The Balaban J connectivity index is 0.000000202. The number of anilines is 1. The summed E-state index contributed by atoms with van der Waals surface area (Å²) in [6, 6.07) is 10.0. The van der Waals surface area contributed by atoms with E-state index in [2.05, 4.69) is 15.3 Å². The maximum Gasteiger partial charge on any atom is 0.372 e. The second-order valence-corrected chi connectivity index (χ2v) is 6.19. The Labute approximate surface area is 175 Å². The summed E-state index contributed by atoms with van der Waals surface area (Å²) in [7, 11) is 0. The summed E-state index contributed by atoms with van der Waals surface area (Å²) >= 11 is 5.70. The first-order valence-corrected chi connectivity index (χ1v) is 8.43. The van der Waals surface area contributed by atoms with E-state index in [0.717, 1.165) is 5.56 Å². The second kappa shape index (κ2) is 9.37. The summed E-state index contributed by atoms with van der Waals surface area (Å²) in [5.74, 6) is -1.07. The number of benzene rings is 2. The molecule has 1 aromatic heterocycles. The quantitative estimate of drug-likeness (QED) is 0.478. The normalized spacial score (nSPS) is 11.9. The second-order valence-electron chi connectivity index (χ2n) is 5.75. The molecule has 1 aliphatic rings. The van der Waals surface area contributed by atoms with Crippen LogP contribution in [-0.4, -0.2) is 33.6 Å². The maximum absolute atomic E-state index is 11.4. The monoisotopic (exact) mass is 438 g/mol. The Hall–Kier alpha value is -3.14. The molecule has 0 bridgehead atoms. The zero-order valence-corrected chi connectivity index (χ0v) is 16.3. The number of amides is 1. The molecule has 0 fully saturated rings. The molecule has 5 N–H and O–H groups in total. The molecule has 0 aliphatic carbocycles. The van der Waals surface area contributed by atoms with E-state index >= 15 is 0 Å². The van der Waals surface area contributed by atoms with E-state index in [1.807, 2.05) is 18.2 Å². The summed E-state index contributed by atoms with van der Waals surface area (Å²) in [6.45, 7) is 0.554. The number of nitrogens with zero attached hydrogens (tertiary/aromatic N) is 1. The number of carboxylic acid groups (broad SMARTS) is 1. The highest BCUT2D eigenvalue weighted by Gasteiger charge is 2.15. The molecule has 3 aromatic rings. The number of hydrogen-bond donors (Lipinski definition) is 4. The molecule has 2 aromatic carbocycles. The molecule has 2 heterocycles. The van der Waals surface area contributed by atoms with Gasteiger partial charge in [0.2, 0.25) is 5.82 Å². The lowest BCUT2D eigenvalue weighted by Gasteiger charge is -2.18. The molecule has 0 atom stereocenters. The number of ether oxygens (including phenoxy) is 1. The van der Waals surface area contributed by atoms with E-state index in [-0.39, 0.29) is 36.1 Å². The Kier molecular flexibility index (Phi) is 7.16. The van der Waals surface area contributed by atoms with E-state index in [1.165, 1.54) is 12.1 Å². The fraction of sp³-hybridized carbons (Fsp3) is 0.111. The SMILES string of the molecule is Cl.NCc1ccc2c(c1)NC(=O)CO2.O=C(O)c1nc2ccc(Cl)cc2c(=O)[nH]1. The van der Waals surface area contributed by atoms with Gasteiger partial charge in [0.05, 0.1) is 16.6 Å². The number of carboxylic acids is 1. The first kappa shape index (κ1) is 22.2. The average Bonchev–Trinajstić information content (AvgIpc) is 2.68. The standard InChI is InChI=1S/C9H5ClN2O3.C9H10N2O2.ClH/c10-4-1-2-6-5(3-4)8(13)12-7(11-6)9(14)15;10-4-6-1-2-8-7(3-6)11-9(12)5-13-8;/h1-3H,(H,14,15)(H,11,12,13);1-3H,4-5,10H2,(H,11,12);1H. The Bertz CT molecular complexity index is 1130. The molecule has 0 saturated heterocycles. The van der Waals surface area contributed by atoms with Gasteiger partial charge in [0, 0.05) is 11.6 Å². The zero-order valence-electron chi connectivity index (χ0n) is 14.8. The number of nitrogens with two attached hydrogens (primary N) is 1. The molecule has 0 radical (unpaired) electrons. The van der Waals surface area contributed by atoms with Crippen LogP contribution in [0.2, 0.25) is 5.02 Å². The number of aromatic amines is 1. The number of H-pyrrole nitrogens is 1. The van der Waals surface area contributed by atoms with E-state index in [4.69, 9.17) is 27.2 Å². The predicted octanol–water partition coefficient (Wildman–Crippen LogP) is 2.17. The van der Waals surface area contributed by atoms with Crippen molar-refractivity contribution >= 4 is 52.5 Å². The lowest BCUT2D eigenvalue weighted by molar-refractivity contribution is -0.118. The van der Waals surface area contributed by atoms with Crippen molar-refractivity contribution in [1.29, 1.82) is 0 Å². The molecular weight excluding hydrogens is 423 g/mol. The van der Waals surface area contributed by atoms with Crippen molar-refractivity contribution in [3.63, 3.8) is 0 Å². The number of nitrogens with one attached hydrogen (secondary N) is 2. The molecule has 29 heavy (non-hydrogen) atoms. The van der Waals surface area contributed by atoms with Gasteiger partial charge >= 0.3 is 5.97 Å². The smallest absolute Gasteiger partial charge is 0.372 e. The first-order valence-electron chi connectivity index (χ1n) is 8.06. The highest BCUT2D eigenvalue weighted by molar-refractivity contribution is 6.31. The number of halogens is 2. The summed E-state index contributed by atoms with van der Waals surface area (Å²) in [5, 5.41) is 12.1. The van der Waals surface area contributed by atoms with Gasteiger partial charge in [-0.25, -0.2) is 9.78 Å². The van der Waals surface area contributed by atoms with Gasteiger partial charge < -0.3 is 25.9 Å². The minimum absolute atomic E-state index is 0. The highest BCUT2D eigenvalue weighted by Crippen LogP contribution is 2.28. The lowest BCUT2D eigenvalue weighted by atomic mass is 10.1. The van der Waals surface area contributed by atoms with Gasteiger partial charge in [-0.1, -0.05) is 17.7 Å². The van der Waals surface area contributed by atoms with Crippen LogP contribution in [0.15, 0.2) is 41.2 Å². The fourth-order valence-electron chi connectivity index (χ4n) is 2.47. The van der Waals surface area contributed by atoms with Crippen molar-refractivity contribution in [2.75, 3.05) is 11.9 Å². The fourth-order valence-corrected chi connectivity index (χ4v) is 2.64. The number of rotatable bonds is 2. The number of hydrogen-bond acceptors (Lipinski definition) is 6. The van der Waals surface area contributed by atoms with Crippen LogP contribution >= 0.6 is 24.0 Å². The minimum atomic E-state index is -1.27. The summed E-state index contributed by atoms with van der Waals surface area (Å²) in [6.07, 6.45) is 0. The van der Waals surface area contributed by atoms with Gasteiger partial charge in [-0.15, -0.1) is 12.4 Å². The van der Waals surface area contributed by atoms with Gasteiger partial charge in [0.1, 0.15) is 5.75 Å². The molecule has 11 heteroatoms. The third-order valence-corrected chi connectivity index (χ3v) is 4.02. The van der Waals surface area contributed by atoms with Crippen LogP contribution < -0.4 is 21.3 Å². The van der Waals surface area contributed by atoms with Gasteiger partial charge in [-0.2, -0.15) is 0 Å². The Morgan fingerprint density at radius 3 is 2.69 bits per heavy atom. The molecular formula is C18H16Cl2N4O5. The van der Waals surface area contributed by atoms with Crippen LogP contribution in [0.4, 0.5) is 5.69 Å². The molecule has 1 amide bonds. The molecule has 152 valence electrons. The van der Waals surface area contributed by atoms with Crippen LogP contribution in [0, 0.1) is 0 Å². The molecule has 0 unspecified atom stereocenters. The molecule has 0 saturated carbocycles. The number of aromatic nitrogens is 2. The summed E-state index contributed by atoms with van der Waals surface area (Å²) < 4.78 is 5.18. The zero-order chi connectivity index (χ0) is 20.3. The van der Waals surface area contributed by atoms with Crippen LogP contribution in [0.5, 0.6) is 5.75 Å². The van der Waals surface area contributed by atoms with Crippen LogP contribution in [-0.2, 0) is 11.3 Å².